The Balaban J connectivity index is 1.68. The number of benzene rings is 2. The molecule has 0 aliphatic heterocycles. The van der Waals surface area contributed by atoms with Crippen molar-refractivity contribution in [1.82, 2.24) is 16.0 Å². The van der Waals surface area contributed by atoms with Crippen molar-refractivity contribution in [2.75, 3.05) is 13.1 Å². The summed E-state index contributed by atoms with van der Waals surface area (Å²) in [5, 5.41) is 10.0. The van der Waals surface area contributed by atoms with E-state index in [4.69, 9.17) is 4.74 Å². The molecule has 0 atom stereocenters. The molecule has 0 aliphatic carbocycles. The lowest BCUT2D eigenvalue weighted by Gasteiger charge is -2.19. The van der Waals surface area contributed by atoms with Crippen molar-refractivity contribution < 1.29 is 19.1 Å². The van der Waals surface area contributed by atoms with Crippen molar-refractivity contribution in [1.29, 1.82) is 0 Å². The molecular formula is C21H27N3O4. The van der Waals surface area contributed by atoms with Crippen molar-refractivity contribution >= 4 is 28.7 Å². The number of carbonyl (C=O) groups excluding carboxylic acids is 3. The summed E-state index contributed by atoms with van der Waals surface area (Å²) in [6, 6.07) is 13.9. The normalized spacial score (nSPS) is 11.0. The molecule has 28 heavy (non-hydrogen) atoms. The van der Waals surface area contributed by atoms with Gasteiger partial charge in [-0.15, -0.1) is 0 Å². The second-order valence-corrected chi connectivity index (χ2v) is 7.37. The molecule has 0 aliphatic rings. The molecule has 0 fully saturated rings. The SMILES string of the molecule is CC(C)(C)OC(=O)NCCC(=O)NCC(=O)NCc1cccc2ccccc12. The number of amides is 3. The number of ether oxygens (including phenoxy) is 1. The molecule has 0 saturated carbocycles. The molecule has 0 radical (unpaired) electrons. The molecule has 150 valence electrons. The Morgan fingerprint density at radius 3 is 2.36 bits per heavy atom. The third kappa shape index (κ3) is 7.26. The van der Waals surface area contributed by atoms with Gasteiger partial charge in [0, 0.05) is 19.5 Å². The van der Waals surface area contributed by atoms with E-state index in [2.05, 4.69) is 16.0 Å². The Morgan fingerprint density at radius 2 is 1.61 bits per heavy atom. The Kier molecular flexibility index (Phi) is 7.37. The van der Waals surface area contributed by atoms with Gasteiger partial charge < -0.3 is 20.7 Å². The fraction of sp³-hybridized carbons (Fsp3) is 0.381. The maximum absolute atomic E-state index is 12.0. The van der Waals surface area contributed by atoms with Gasteiger partial charge in [0.05, 0.1) is 6.54 Å². The van der Waals surface area contributed by atoms with E-state index in [9.17, 15) is 14.4 Å². The first-order chi connectivity index (χ1) is 13.2. The fourth-order valence-corrected chi connectivity index (χ4v) is 2.56. The van der Waals surface area contributed by atoms with E-state index in [1.54, 1.807) is 20.8 Å². The van der Waals surface area contributed by atoms with Crippen LogP contribution in [-0.2, 0) is 20.9 Å². The van der Waals surface area contributed by atoms with Gasteiger partial charge in [0.25, 0.3) is 0 Å². The molecular weight excluding hydrogens is 358 g/mol. The van der Waals surface area contributed by atoms with E-state index in [0.717, 1.165) is 16.3 Å². The van der Waals surface area contributed by atoms with E-state index in [1.807, 2.05) is 42.5 Å². The number of rotatable bonds is 7. The first-order valence-corrected chi connectivity index (χ1v) is 9.21. The van der Waals surface area contributed by atoms with Crippen LogP contribution in [0.2, 0.25) is 0 Å². The molecule has 0 spiro atoms. The van der Waals surface area contributed by atoms with Crippen molar-refractivity contribution in [3.63, 3.8) is 0 Å². The van der Waals surface area contributed by atoms with E-state index in [1.165, 1.54) is 0 Å². The van der Waals surface area contributed by atoms with Crippen LogP contribution in [0.5, 0.6) is 0 Å². The Labute approximate surface area is 164 Å². The summed E-state index contributed by atoms with van der Waals surface area (Å²) < 4.78 is 5.08. The van der Waals surface area contributed by atoms with Crippen LogP contribution in [0.15, 0.2) is 42.5 Å². The van der Waals surface area contributed by atoms with E-state index in [-0.39, 0.29) is 31.3 Å². The Hall–Kier alpha value is -3.09. The standard InChI is InChI=1S/C21H27N3O4/c1-21(2,3)28-20(27)22-12-11-18(25)24-14-19(26)23-13-16-9-6-8-15-7-4-5-10-17(15)16/h4-10H,11-14H2,1-3H3,(H,22,27)(H,23,26)(H,24,25). The highest BCUT2D eigenvalue weighted by molar-refractivity contribution is 5.87. The zero-order chi connectivity index (χ0) is 20.6. The van der Waals surface area contributed by atoms with Crippen LogP contribution in [0.4, 0.5) is 4.79 Å². The van der Waals surface area contributed by atoms with Gasteiger partial charge in [-0.2, -0.15) is 0 Å². The zero-order valence-corrected chi connectivity index (χ0v) is 16.5. The van der Waals surface area contributed by atoms with Crippen LogP contribution in [0.3, 0.4) is 0 Å². The molecule has 3 amide bonds. The molecule has 0 saturated heterocycles. The molecule has 3 N–H and O–H groups in total. The summed E-state index contributed by atoms with van der Waals surface area (Å²) in [4.78, 5) is 35.3. The third-order valence-electron chi connectivity index (χ3n) is 3.82. The molecule has 0 heterocycles. The largest absolute Gasteiger partial charge is 0.444 e. The molecule has 0 unspecified atom stereocenters. The number of carbonyl (C=O) groups is 3. The highest BCUT2D eigenvalue weighted by atomic mass is 16.6. The van der Waals surface area contributed by atoms with Gasteiger partial charge in [-0.1, -0.05) is 42.5 Å². The van der Waals surface area contributed by atoms with Crippen LogP contribution in [0.25, 0.3) is 10.8 Å². The average Bonchev–Trinajstić information content (AvgIpc) is 2.63. The molecule has 2 aromatic rings. The Bertz CT molecular complexity index is 838. The molecule has 0 bridgehead atoms. The van der Waals surface area contributed by atoms with Gasteiger partial charge in [-0.3, -0.25) is 9.59 Å². The lowest BCUT2D eigenvalue weighted by atomic mass is 10.0. The summed E-state index contributed by atoms with van der Waals surface area (Å²) in [6.45, 7) is 5.69. The zero-order valence-electron chi connectivity index (χ0n) is 16.5. The number of alkyl carbamates (subject to hydrolysis) is 1. The smallest absolute Gasteiger partial charge is 0.407 e. The van der Waals surface area contributed by atoms with Gasteiger partial charge in [-0.05, 0) is 37.1 Å². The van der Waals surface area contributed by atoms with Crippen LogP contribution in [0.1, 0.15) is 32.8 Å². The van der Waals surface area contributed by atoms with E-state index < -0.39 is 11.7 Å². The van der Waals surface area contributed by atoms with Crippen molar-refractivity contribution in [3.8, 4) is 0 Å². The maximum atomic E-state index is 12.0. The Morgan fingerprint density at radius 1 is 0.893 bits per heavy atom. The van der Waals surface area contributed by atoms with Crippen molar-refractivity contribution in [2.24, 2.45) is 0 Å². The number of hydrogen-bond acceptors (Lipinski definition) is 4. The molecule has 2 rings (SSSR count). The summed E-state index contributed by atoms with van der Waals surface area (Å²) in [6.07, 6.45) is -0.510. The van der Waals surface area contributed by atoms with Gasteiger partial charge >= 0.3 is 6.09 Å². The highest BCUT2D eigenvalue weighted by Gasteiger charge is 2.16. The van der Waals surface area contributed by atoms with Crippen molar-refractivity contribution in [2.45, 2.75) is 39.3 Å². The second kappa shape index (κ2) is 9.73. The van der Waals surface area contributed by atoms with Gasteiger partial charge in [0.1, 0.15) is 5.60 Å². The first-order valence-electron chi connectivity index (χ1n) is 9.21. The van der Waals surface area contributed by atoms with Gasteiger partial charge in [-0.25, -0.2) is 4.79 Å². The number of hydrogen-bond donors (Lipinski definition) is 3. The average molecular weight is 385 g/mol. The summed E-state index contributed by atoms with van der Waals surface area (Å²) in [5.41, 5.74) is 0.424. The first kappa shape index (κ1) is 21.2. The van der Waals surface area contributed by atoms with Gasteiger partial charge in [0.2, 0.25) is 11.8 Å². The van der Waals surface area contributed by atoms with Gasteiger partial charge in [0.15, 0.2) is 0 Å². The topological polar surface area (TPSA) is 96.5 Å². The quantitative estimate of drug-likeness (QED) is 0.682. The highest BCUT2D eigenvalue weighted by Crippen LogP contribution is 2.18. The lowest BCUT2D eigenvalue weighted by Crippen LogP contribution is -2.38. The molecule has 7 heteroatoms. The minimum absolute atomic E-state index is 0.0653. The van der Waals surface area contributed by atoms with E-state index in [0.29, 0.717) is 6.54 Å². The third-order valence-corrected chi connectivity index (χ3v) is 3.82. The second-order valence-electron chi connectivity index (χ2n) is 7.37. The lowest BCUT2D eigenvalue weighted by molar-refractivity contribution is -0.126. The monoisotopic (exact) mass is 385 g/mol. The molecule has 2 aromatic carbocycles. The van der Waals surface area contributed by atoms with Crippen molar-refractivity contribution in [3.05, 3.63) is 48.0 Å². The van der Waals surface area contributed by atoms with E-state index >= 15 is 0 Å². The van der Waals surface area contributed by atoms with Crippen LogP contribution >= 0.6 is 0 Å². The molecule has 0 aromatic heterocycles. The minimum Gasteiger partial charge on any atom is -0.444 e. The summed E-state index contributed by atoms with van der Waals surface area (Å²) in [7, 11) is 0. The van der Waals surface area contributed by atoms with Crippen LogP contribution in [0, 0.1) is 0 Å². The minimum atomic E-state index is -0.589. The molecule has 7 nitrogen and oxygen atoms in total. The van der Waals surface area contributed by atoms with Crippen LogP contribution in [-0.4, -0.2) is 36.6 Å². The van der Waals surface area contributed by atoms with Crippen LogP contribution < -0.4 is 16.0 Å². The summed E-state index contributed by atoms with van der Waals surface area (Å²) in [5.74, 6) is -0.599. The number of nitrogens with one attached hydrogen (secondary N) is 3. The maximum Gasteiger partial charge on any atom is 0.407 e. The summed E-state index contributed by atoms with van der Waals surface area (Å²) >= 11 is 0. The number of fused-ring (bicyclic) bond motifs is 1. The predicted octanol–water partition coefficient (Wildman–Crippen LogP) is 2.49. The predicted molar refractivity (Wildman–Crippen MR) is 108 cm³/mol. The fourth-order valence-electron chi connectivity index (χ4n) is 2.56.